The summed E-state index contributed by atoms with van der Waals surface area (Å²) in [4.78, 5) is 12.0. The molecule has 0 bridgehead atoms. The Kier molecular flexibility index (Phi) is 5.21. The van der Waals surface area contributed by atoms with Gasteiger partial charge in [0.2, 0.25) is 5.91 Å². The van der Waals surface area contributed by atoms with Gasteiger partial charge in [-0.25, -0.2) is 4.68 Å². The molecule has 0 fully saturated rings. The van der Waals surface area contributed by atoms with E-state index in [0.29, 0.717) is 13.0 Å². The van der Waals surface area contributed by atoms with Crippen molar-refractivity contribution in [1.82, 2.24) is 25.5 Å². The number of nitrogens with one attached hydrogen (secondary N) is 1. The third-order valence-electron chi connectivity index (χ3n) is 3.96. The largest absolute Gasteiger partial charge is 0.354 e. The van der Waals surface area contributed by atoms with Crippen molar-refractivity contribution in [2.75, 3.05) is 6.54 Å². The van der Waals surface area contributed by atoms with Crippen LogP contribution in [0.2, 0.25) is 0 Å². The first-order valence-electron chi connectivity index (χ1n) is 7.44. The van der Waals surface area contributed by atoms with Crippen LogP contribution in [0.3, 0.4) is 0 Å². The third-order valence-corrected chi connectivity index (χ3v) is 3.96. The first-order chi connectivity index (χ1) is 10.6. The van der Waals surface area contributed by atoms with Gasteiger partial charge in [0.25, 0.3) is 0 Å². The number of aromatic nitrogens is 4. The summed E-state index contributed by atoms with van der Waals surface area (Å²) in [6.07, 6.45) is 3.53. The van der Waals surface area contributed by atoms with Crippen LogP contribution in [0.25, 0.3) is 5.69 Å². The molecule has 0 spiro atoms. The van der Waals surface area contributed by atoms with Crippen molar-refractivity contribution >= 4 is 5.91 Å². The number of rotatable bonds is 7. The molecule has 3 N–H and O–H groups in total. The van der Waals surface area contributed by atoms with E-state index in [2.05, 4.69) is 20.8 Å². The number of nitrogens with two attached hydrogens (primary N) is 1. The molecule has 0 unspecified atom stereocenters. The molecule has 0 radical (unpaired) electrons. The van der Waals surface area contributed by atoms with Gasteiger partial charge in [0.05, 0.1) is 12.1 Å². The molecule has 0 aliphatic rings. The number of amides is 1. The maximum absolute atomic E-state index is 12.0. The first-order valence-corrected chi connectivity index (χ1v) is 7.44. The van der Waals surface area contributed by atoms with Crippen LogP contribution in [0.1, 0.15) is 32.3 Å². The average molecular weight is 302 g/mol. The number of carbonyl (C=O) groups excluding carboxylic acids is 1. The molecule has 0 aliphatic heterocycles. The van der Waals surface area contributed by atoms with Crippen molar-refractivity contribution in [3.8, 4) is 5.69 Å². The van der Waals surface area contributed by atoms with Gasteiger partial charge in [-0.3, -0.25) is 4.79 Å². The third kappa shape index (κ3) is 4.11. The van der Waals surface area contributed by atoms with Crippen molar-refractivity contribution < 1.29 is 4.79 Å². The van der Waals surface area contributed by atoms with Crippen LogP contribution in [0, 0.1) is 0 Å². The number of carbonyl (C=O) groups is 1. The second kappa shape index (κ2) is 7.13. The van der Waals surface area contributed by atoms with E-state index in [0.717, 1.165) is 24.1 Å². The molecule has 118 valence electrons. The molecule has 7 nitrogen and oxygen atoms in total. The molecule has 0 saturated carbocycles. The average Bonchev–Trinajstić information content (AvgIpc) is 3.08. The smallest absolute Gasteiger partial charge is 0.224 e. The lowest BCUT2D eigenvalue weighted by Gasteiger charge is -2.26. The highest BCUT2D eigenvalue weighted by Gasteiger charge is 2.20. The van der Waals surface area contributed by atoms with Crippen LogP contribution in [0.15, 0.2) is 30.6 Å². The fourth-order valence-corrected chi connectivity index (χ4v) is 2.07. The summed E-state index contributed by atoms with van der Waals surface area (Å²) < 4.78 is 1.56. The summed E-state index contributed by atoms with van der Waals surface area (Å²) in [5.74, 6) is -0.0214. The van der Waals surface area contributed by atoms with Gasteiger partial charge in [0.1, 0.15) is 6.33 Å². The van der Waals surface area contributed by atoms with E-state index >= 15 is 0 Å². The predicted octanol–water partition coefficient (Wildman–Crippen LogP) is 0.839. The minimum absolute atomic E-state index is 0.0214. The van der Waals surface area contributed by atoms with Gasteiger partial charge in [-0.2, -0.15) is 0 Å². The molecule has 2 rings (SSSR count). The Hall–Kier alpha value is -2.28. The highest BCUT2D eigenvalue weighted by atomic mass is 16.1. The van der Waals surface area contributed by atoms with Gasteiger partial charge in [-0.05, 0) is 41.0 Å². The highest BCUT2D eigenvalue weighted by Crippen LogP contribution is 2.10. The standard InChI is InChI=1S/C15H22N6O/c1-3-15(16,4-2)10-17-14(22)9-12-5-7-13(8-6-12)21-11-18-19-20-21/h5-8,11H,3-4,9-10,16H2,1-2H3,(H,17,22). The number of hydrogen-bond donors (Lipinski definition) is 2. The van der Waals surface area contributed by atoms with E-state index in [1.807, 2.05) is 38.1 Å². The van der Waals surface area contributed by atoms with E-state index in [-0.39, 0.29) is 11.4 Å². The molecule has 0 atom stereocenters. The Labute approximate surface area is 129 Å². The zero-order chi connectivity index (χ0) is 16.0. The van der Waals surface area contributed by atoms with Gasteiger partial charge in [-0.1, -0.05) is 26.0 Å². The second-order valence-electron chi connectivity index (χ2n) is 5.44. The van der Waals surface area contributed by atoms with E-state index in [4.69, 9.17) is 5.73 Å². The summed E-state index contributed by atoms with van der Waals surface area (Å²) in [6.45, 7) is 4.57. The zero-order valence-corrected chi connectivity index (χ0v) is 13.0. The SMILES string of the molecule is CCC(N)(CC)CNC(=O)Cc1ccc(-n2cnnn2)cc1. The van der Waals surface area contributed by atoms with Crippen molar-refractivity contribution in [1.29, 1.82) is 0 Å². The Morgan fingerprint density at radius 1 is 1.27 bits per heavy atom. The Morgan fingerprint density at radius 2 is 1.95 bits per heavy atom. The van der Waals surface area contributed by atoms with E-state index in [1.54, 1.807) is 4.68 Å². The lowest BCUT2D eigenvalue weighted by Crippen LogP contribution is -2.49. The van der Waals surface area contributed by atoms with Gasteiger partial charge >= 0.3 is 0 Å². The Bertz CT molecular complexity index is 589. The molecule has 7 heteroatoms. The van der Waals surface area contributed by atoms with Crippen LogP contribution in [0.4, 0.5) is 0 Å². The monoisotopic (exact) mass is 302 g/mol. The molecule has 1 aromatic carbocycles. The zero-order valence-electron chi connectivity index (χ0n) is 13.0. The summed E-state index contributed by atoms with van der Waals surface area (Å²) >= 11 is 0. The van der Waals surface area contributed by atoms with Crippen LogP contribution in [-0.2, 0) is 11.2 Å². The van der Waals surface area contributed by atoms with Crippen molar-refractivity contribution in [3.63, 3.8) is 0 Å². The lowest BCUT2D eigenvalue weighted by atomic mass is 9.94. The number of hydrogen-bond acceptors (Lipinski definition) is 5. The van der Waals surface area contributed by atoms with Crippen molar-refractivity contribution in [2.24, 2.45) is 5.73 Å². The summed E-state index contributed by atoms with van der Waals surface area (Å²) in [7, 11) is 0. The maximum Gasteiger partial charge on any atom is 0.224 e. The maximum atomic E-state index is 12.0. The molecular weight excluding hydrogens is 280 g/mol. The summed E-state index contributed by atoms with van der Waals surface area (Å²) in [5.41, 5.74) is 7.65. The van der Waals surface area contributed by atoms with Crippen molar-refractivity contribution in [3.05, 3.63) is 36.2 Å². The van der Waals surface area contributed by atoms with Crippen LogP contribution < -0.4 is 11.1 Å². The number of tetrazole rings is 1. The van der Waals surface area contributed by atoms with Crippen LogP contribution >= 0.6 is 0 Å². The molecule has 2 aromatic rings. The van der Waals surface area contributed by atoms with E-state index in [1.165, 1.54) is 6.33 Å². The van der Waals surface area contributed by atoms with Gasteiger partial charge in [0, 0.05) is 12.1 Å². The summed E-state index contributed by atoms with van der Waals surface area (Å²) in [5, 5.41) is 13.9. The normalized spacial score (nSPS) is 11.4. The molecule has 1 amide bonds. The van der Waals surface area contributed by atoms with Crippen molar-refractivity contribution in [2.45, 2.75) is 38.6 Å². The molecular formula is C15H22N6O. The van der Waals surface area contributed by atoms with Crippen LogP contribution in [-0.4, -0.2) is 38.2 Å². The minimum atomic E-state index is -0.320. The molecule has 1 aromatic heterocycles. The highest BCUT2D eigenvalue weighted by molar-refractivity contribution is 5.78. The summed E-state index contributed by atoms with van der Waals surface area (Å²) in [6, 6.07) is 7.55. The lowest BCUT2D eigenvalue weighted by molar-refractivity contribution is -0.120. The minimum Gasteiger partial charge on any atom is -0.354 e. The molecule has 0 saturated heterocycles. The fourth-order valence-electron chi connectivity index (χ4n) is 2.07. The van der Waals surface area contributed by atoms with E-state index in [9.17, 15) is 4.79 Å². The Morgan fingerprint density at radius 3 is 2.50 bits per heavy atom. The molecule has 22 heavy (non-hydrogen) atoms. The Balaban J connectivity index is 1.89. The first kappa shape index (κ1) is 16.1. The predicted molar refractivity (Wildman–Crippen MR) is 83.4 cm³/mol. The molecule has 1 heterocycles. The topological polar surface area (TPSA) is 98.7 Å². The van der Waals surface area contributed by atoms with Gasteiger partial charge < -0.3 is 11.1 Å². The van der Waals surface area contributed by atoms with Gasteiger partial charge in [-0.15, -0.1) is 5.10 Å². The quantitative estimate of drug-likeness (QED) is 0.789. The molecule has 0 aliphatic carbocycles. The van der Waals surface area contributed by atoms with Crippen LogP contribution in [0.5, 0.6) is 0 Å². The van der Waals surface area contributed by atoms with E-state index < -0.39 is 0 Å². The fraction of sp³-hybridized carbons (Fsp3) is 0.467. The van der Waals surface area contributed by atoms with Gasteiger partial charge in [0.15, 0.2) is 0 Å². The number of benzene rings is 1. The number of nitrogens with zero attached hydrogens (tertiary/aromatic N) is 4. The second-order valence-corrected chi connectivity index (χ2v) is 5.44.